The number of hydrogen-bond acceptors (Lipinski definition) is 4. The van der Waals surface area contributed by atoms with Crippen molar-refractivity contribution in [3.05, 3.63) is 0 Å². The molecule has 2 rings (SSSR count). The van der Waals surface area contributed by atoms with Crippen molar-refractivity contribution in [1.29, 1.82) is 0 Å². The smallest absolute Gasteiger partial charge is 0.316 e. The highest BCUT2D eigenvalue weighted by atomic mass is 28.4. The predicted molar refractivity (Wildman–Crippen MR) is 106 cm³/mol. The minimum Gasteiger partial charge on any atom is -0.465 e. The second kappa shape index (κ2) is 7.74. The van der Waals surface area contributed by atoms with E-state index in [0.29, 0.717) is 24.9 Å². The predicted octanol–water partition coefficient (Wildman–Crippen LogP) is 4.83. The number of ether oxygens (including phenoxy) is 1. The topological polar surface area (TPSA) is 52.6 Å². The molecule has 0 aromatic heterocycles. The van der Waals surface area contributed by atoms with Crippen LogP contribution >= 0.6 is 0 Å². The molecular weight excluding hydrogens is 344 g/mol. The Morgan fingerprint density at radius 3 is 2.35 bits per heavy atom. The molecular formula is C21H38O4Si. The minimum atomic E-state index is -1.89. The zero-order valence-corrected chi connectivity index (χ0v) is 18.9. The van der Waals surface area contributed by atoms with Gasteiger partial charge in [0.1, 0.15) is 5.92 Å². The molecule has 2 saturated carbocycles. The molecule has 26 heavy (non-hydrogen) atoms. The Morgan fingerprint density at radius 2 is 1.81 bits per heavy atom. The largest absolute Gasteiger partial charge is 0.465 e. The van der Waals surface area contributed by atoms with Gasteiger partial charge in [0.25, 0.3) is 0 Å². The summed E-state index contributed by atoms with van der Waals surface area (Å²) in [6, 6.07) is 0. The molecule has 2 aliphatic rings. The van der Waals surface area contributed by atoms with Crippen LogP contribution in [0.3, 0.4) is 0 Å². The first-order valence-corrected chi connectivity index (χ1v) is 13.2. The van der Waals surface area contributed by atoms with Gasteiger partial charge in [-0.15, -0.1) is 0 Å². The monoisotopic (exact) mass is 382 g/mol. The third kappa shape index (κ3) is 4.09. The van der Waals surface area contributed by atoms with Crippen LogP contribution in [0.25, 0.3) is 0 Å². The Bertz CT molecular complexity index is 537. The molecule has 0 bridgehead atoms. The molecule has 5 heteroatoms. The lowest BCUT2D eigenvalue weighted by atomic mass is 9.79. The maximum absolute atomic E-state index is 13.3. The van der Waals surface area contributed by atoms with Gasteiger partial charge in [-0.2, -0.15) is 0 Å². The number of carbonyl (C=O) groups is 2. The van der Waals surface area contributed by atoms with E-state index in [9.17, 15) is 9.59 Å². The number of hydrogen-bond donors (Lipinski definition) is 0. The lowest BCUT2D eigenvalue weighted by molar-refractivity contribution is -0.153. The maximum atomic E-state index is 13.3. The van der Waals surface area contributed by atoms with Gasteiger partial charge in [0.15, 0.2) is 14.1 Å². The first kappa shape index (κ1) is 21.6. The molecule has 0 saturated heterocycles. The molecule has 150 valence electrons. The SMILES string of the molecule is CCOC(=O)C1CC[C@H](C)[C@@H]2C[C@H](O[Si](C)(C)C(C)(C)C)[C@H](C)[C@H]2C1=O. The van der Waals surface area contributed by atoms with Crippen LogP contribution in [0.1, 0.15) is 60.8 Å². The molecule has 0 amide bonds. The number of Topliss-reactive ketones (excluding diaryl/α,β-unsaturated/α-hetero) is 1. The van der Waals surface area contributed by atoms with E-state index in [0.717, 1.165) is 12.8 Å². The fourth-order valence-electron chi connectivity index (χ4n) is 4.51. The van der Waals surface area contributed by atoms with Crippen molar-refractivity contribution >= 4 is 20.1 Å². The van der Waals surface area contributed by atoms with Gasteiger partial charge in [-0.25, -0.2) is 0 Å². The highest BCUT2D eigenvalue weighted by Crippen LogP contribution is 2.50. The van der Waals surface area contributed by atoms with E-state index >= 15 is 0 Å². The molecule has 0 radical (unpaired) electrons. The van der Waals surface area contributed by atoms with Crippen LogP contribution in [-0.4, -0.2) is 32.8 Å². The Labute approximate surface area is 160 Å². The van der Waals surface area contributed by atoms with Crippen molar-refractivity contribution in [2.75, 3.05) is 6.61 Å². The van der Waals surface area contributed by atoms with E-state index in [1.807, 2.05) is 0 Å². The average molecular weight is 383 g/mol. The van der Waals surface area contributed by atoms with Gasteiger partial charge < -0.3 is 9.16 Å². The van der Waals surface area contributed by atoms with Gasteiger partial charge in [0.2, 0.25) is 0 Å². The summed E-state index contributed by atoms with van der Waals surface area (Å²) in [7, 11) is -1.89. The second-order valence-corrected chi connectivity index (χ2v) is 14.7. The molecule has 6 atom stereocenters. The molecule has 2 fully saturated rings. The van der Waals surface area contributed by atoms with E-state index in [1.54, 1.807) is 6.92 Å². The molecule has 0 aromatic rings. The number of esters is 1. The van der Waals surface area contributed by atoms with Crippen LogP contribution < -0.4 is 0 Å². The third-order valence-electron chi connectivity index (χ3n) is 7.26. The van der Waals surface area contributed by atoms with E-state index in [2.05, 4.69) is 47.7 Å². The zero-order chi connectivity index (χ0) is 19.9. The van der Waals surface area contributed by atoms with Gasteiger partial charge >= 0.3 is 5.97 Å². The quantitative estimate of drug-likeness (QED) is 0.397. The summed E-state index contributed by atoms with van der Waals surface area (Å²) in [5.74, 6) is 0.0562. The van der Waals surface area contributed by atoms with E-state index < -0.39 is 14.2 Å². The van der Waals surface area contributed by atoms with Crippen molar-refractivity contribution in [3.63, 3.8) is 0 Å². The van der Waals surface area contributed by atoms with Gasteiger partial charge in [-0.1, -0.05) is 34.6 Å². The standard InChI is InChI=1S/C21H38O4Si/c1-9-24-20(23)15-11-10-13(2)16-12-17(14(3)18(16)19(15)22)25-26(7,8)21(4,5)6/h13-18H,9-12H2,1-8H3/t13-,14-,15?,16-,17-,18+/m0/s1. The molecule has 0 spiro atoms. The Morgan fingerprint density at radius 1 is 1.19 bits per heavy atom. The Kier molecular flexibility index (Phi) is 6.44. The molecule has 4 nitrogen and oxygen atoms in total. The molecule has 0 aliphatic heterocycles. The fraction of sp³-hybridized carbons (Fsp3) is 0.905. The van der Waals surface area contributed by atoms with Crippen molar-refractivity contribution in [2.45, 2.75) is 85.0 Å². The van der Waals surface area contributed by atoms with Crippen LogP contribution in [0.4, 0.5) is 0 Å². The molecule has 1 unspecified atom stereocenters. The van der Waals surface area contributed by atoms with Gasteiger partial charge in [-0.05, 0) is 62.1 Å². The summed E-state index contributed by atoms with van der Waals surface area (Å²) in [5.41, 5.74) is 0. The highest BCUT2D eigenvalue weighted by Gasteiger charge is 2.53. The van der Waals surface area contributed by atoms with Gasteiger partial charge in [0, 0.05) is 12.0 Å². The van der Waals surface area contributed by atoms with Crippen LogP contribution in [0.5, 0.6) is 0 Å². The number of carbonyl (C=O) groups excluding carboxylic acids is 2. The summed E-state index contributed by atoms with van der Waals surface area (Å²) < 4.78 is 11.9. The van der Waals surface area contributed by atoms with Crippen LogP contribution in [0, 0.1) is 29.6 Å². The summed E-state index contributed by atoms with van der Waals surface area (Å²) in [4.78, 5) is 25.6. The van der Waals surface area contributed by atoms with E-state index in [1.165, 1.54) is 0 Å². The van der Waals surface area contributed by atoms with Crippen LogP contribution in [0.2, 0.25) is 18.1 Å². The summed E-state index contributed by atoms with van der Waals surface area (Å²) in [6.45, 7) is 17.8. The zero-order valence-electron chi connectivity index (χ0n) is 17.9. The number of rotatable bonds is 4. The maximum Gasteiger partial charge on any atom is 0.316 e. The van der Waals surface area contributed by atoms with Crippen LogP contribution in [0.15, 0.2) is 0 Å². The van der Waals surface area contributed by atoms with E-state index in [-0.39, 0.29) is 34.7 Å². The first-order valence-electron chi connectivity index (χ1n) is 10.3. The van der Waals surface area contributed by atoms with Crippen molar-refractivity contribution in [2.24, 2.45) is 29.6 Å². The lowest BCUT2D eigenvalue weighted by Crippen LogP contribution is -2.45. The summed E-state index contributed by atoms with van der Waals surface area (Å²) in [6.07, 6.45) is 2.61. The second-order valence-electron chi connectivity index (χ2n) is 9.96. The highest BCUT2D eigenvalue weighted by molar-refractivity contribution is 6.74. The number of ketones is 1. The van der Waals surface area contributed by atoms with Crippen LogP contribution in [-0.2, 0) is 18.8 Å². The molecule has 0 heterocycles. The van der Waals surface area contributed by atoms with Gasteiger partial charge in [0.05, 0.1) is 6.61 Å². The molecule has 0 aromatic carbocycles. The third-order valence-corrected chi connectivity index (χ3v) is 11.8. The first-order chi connectivity index (χ1) is 11.9. The molecule has 0 N–H and O–H groups in total. The summed E-state index contributed by atoms with van der Waals surface area (Å²) in [5, 5.41) is 0.153. The normalized spacial score (nSPS) is 35.8. The van der Waals surface area contributed by atoms with Crippen molar-refractivity contribution in [3.8, 4) is 0 Å². The Balaban J connectivity index is 2.23. The molecule has 2 aliphatic carbocycles. The lowest BCUT2D eigenvalue weighted by Gasteiger charge is -2.39. The van der Waals surface area contributed by atoms with Crippen molar-refractivity contribution < 1.29 is 18.8 Å². The fourth-order valence-corrected chi connectivity index (χ4v) is 5.93. The van der Waals surface area contributed by atoms with Crippen molar-refractivity contribution in [1.82, 2.24) is 0 Å². The average Bonchev–Trinajstić information content (AvgIpc) is 2.76. The minimum absolute atomic E-state index is 0.0725. The van der Waals surface area contributed by atoms with Gasteiger partial charge in [-0.3, -0.25) is 9.59 Å². The summed E-state index contributed by atoms with van der Waals surface area (Å²) >= 11 is 0. The van der Waals surface area contributed by atoms with E-state index in [4.69, 9.17) is 9.16 Å². The Hall–Kier alpha value is -0.683. The number of fused-ring (bicyclic) bond motifs is 1.